The third kappa shape index (κ3) is 12.2. The maximum absolute atomic E-state index is 14.4. The summed E-state index contributed by atoms with van der Waals surface area (Å²) < 4.78 is 110. The number of carbonyl (C=O) groups excluding carboxylic acids is 1. The van der Waals surface area contributed by atoms with Gasteiger partial charge in [-0.15, -0.1) is 0 Å². The van der Waals surface area contributed by atoms with E-state index in [4.69, 9.17) is 33.2 Å². The van der Waals surface area contributed by atoms with Crippen molar-refractivity contribution in [1.29, 1.82) is 0 Å². The number of cyclic esters (lactones) is 1. The predicted molar refractivity (Wildman–Crippen MR) is 224 cm³/mol. The molecule has 0 aromatic carbocycles. The van der Waals surface area contributed by atoms with Crippen LogP contribution in [0.4, 0.5) is 13.2 Å². The molecule has 0 spiro atoms. The summed E-state index contributed by atoms with van der Waals surface area (Å²) in [4.78, 5) is 15.5. The van der Waals surface area contributed by atoms with E-state index in [1.54, 1.807) is 41.5 Å². The second kappa shape index (κ2) is 20.5. The van der Waals surface area contributed by atoms with E-state index in [0.717, 1.165) is 11.2 Å². The van der Waals surface area contributed by atoms with Crippen molar-refractivity contribution >= 4 is 15.8 Å². The lowest BCUT2D eigenvalue weighted by Gasteiger charge is -2.53. The van der Waals surface area contributed by atoms with Gasteiger partial charge in [-0.25, -0.2) is 8.42 Å². The SMILES string of the molecule is CC[C@H]1OC(=O)[C@H](C)[C@@H](O[C@H]2C[C@@](C)(OC)[C@](O)(CNCCS(C)(=O)=O)[C@H](C)O2)[C@H](C)[C@@H](O[C@@H]2O[C@H](C)C[C@H]3[C@H]2OC(C(F)(F)F)N3C)[C@](C)(O)C[C@@H](C)CN[C@H](C)[C@@H](O)[C@]1(C)O. The Hall–Kier alpha value is -1.31. The largest absolute Gasteiger partial charge is 0.459 e. The number of ether oxygens (including phenoxy) is 7. The number of aliphatic hydroxyl groups excluding tert-OH is 1. The molecular weight excluding hydrogens is 860 g/mol. The number of rotatable bonds is 11. The zero-order valence-electron chi connectivity index (χ0n) is 39.2. The van der Waals surface area contributed by atoms with Crippen LogP contribution in [0, 0.1) is 17.8 Å². The van der Waals surface area contributed by atoms with Gasteiger partial charge < -0.3 is 64.2 Å². The normalized spacial score (nSPS) is 46.7. The monoisotopic (exact) mass is 936 g/mol. The van der Waals surface area contributed by atoms with E-state index in [9.17, 15) is 46.8 Å². The van der Waals surface area contributed by atoms with Crippen molar-refractivity contribution in [3.63, 3.8) is 0 Å². The predicted octanol–water partition coefficient (Wildman–Crippen LogP) is 1.86. The Labute approximate surface area is 371 Å². The molecular formula is C42H76F3N3O14S. The molecule has 4 rings (SSSR count). The number of methoxy groups -OCH3 is 1. The maximum Gasteiger partial charge on any atom is 0.428 e. The molecule has 4 saturated heterocycles. The Bertz CT molecular complexity index is 1630. The number of likely N-dealkylation sites (N-methyl/N-ethyl adjacent to an activating group) is 1. The molecule has 1 unspecified atom stereocenters. The number of aliphatic hydroxyl groups is 4. The van der Waals surface area contributed by atoms with Crippen molar-refractivity contribution in [1.82, 2.24) is 15.5 Å². The van der Waals surface area contributed by atoms with Crippen LogP contribution in [0.15, 0.2) is 0 Å². The number of fused-ring (bicyclic) bond motifs is 1. The Morgan fingerprint density at radius 2 is 1.63 bits per heavy atom. The molecule has 0 aromatic heterocycles. The Balaban J connectivity index is 1.80. The molecule has 0 radical (unpaired) electrons. The number of esters is 1. The van der Waals surface area contributed by atoms with E-state index in [1.165, 1.54) is 34.9 Å². The second-order valence-corrected chi connectivity index (χ2v) is 21.8. The highest BCUT2D eigenvalue weighted by atomic mass is 32.2. The lowest BCUT2D eigenvalue weighted by atomic mass is 9.75. The van der Waals surface area contributed by atoms with Gasteiger partial charge in [0.2, 0.25) is 6.23 Å². The summed E-state index contributed by atoms with van der Waals surface area (Å²) >= 11 is 0. The van der Waals surface area contributed by atoms with Gasteiger partial charge in [0.05, 0.1) is 41.7 Å². The van der Waals surface area contributed by atoms with Crippen LogP contribution >= 0.6 is 0 Å². The van der Waals surface area contributed by atoms with Crippen LogP contribution in [0.2, 0.25) is 0 Å². The van der Waals surface area contributed by atoms with E-state index in [2.05, 4.69) is 10.6 Å². The van der Waals surface area contributed by atoms with Crippen LogP contribution in [0.5, 0.6) is 0 Å². The smallest absolute Gasteiger partial charge is 0.428 e. The summed E-state index contributed by atoms with van der Waals surface area (Å²) in [6.07, 6.45) is -16.2. The Morgan fingerprint density at radius 1 is 1.00 bits per heavy atom. The number of nitrogens with one attached hydrogen (secondary N) is 2. The summed E-state index contributed by atoms with van der Waals surface area (Å²) in [6.45, 7) is 16.5. The first-order chi connectivity index (χ1) is 28.8. The maximum atomic E-state index is 14.4. The fourth-order valence-corrected chi connectivity index (χ4v) is 10.6. The number of halogens is 3. The molecule has 0 amide bonds. The zero-order chi connectivity index (χ0) is 47.8. The van der Waals surface area contributed by atoms with Crippen LogP contribution in [-0.4, -0.2) is 188 Å². The van der Waals surface area contributed by atoms with Gasteiger partial charge in [0.1, 0.15) is 45.0 Å². The highest BCUT2D eigenvalue weighted by Crippen LogP contribution is 2.45. The van der Waals surface area contributed by atoms with Crippen molar-refractivity contribution in [3.8, 4) is 0 Å². The average molecular weight is 936 g/mol. The molecule has 370 valence electrons. The minimum Gasteiger partial charge on any atom is -0.459 e. The van der Waals surface area contributed by atoms with Crippen LogP contribution in [0.1, 0.15) is 94.9 Å². The molecule has 4 aliphatic rings. The molecule has 0 bridgehead atoms. The van der Waals surface area contributed by atoms with Gasteiger partial charge in [-0.1, -0.05) is 20.8 Å². The van der Waals surface area contributed by atoms with Crippen molar-refractivity contribution < 1.29 is 80.0 Å². The van der Waals surface area contributed by atoms with Gasteiger partial charge in [0.15, 0.2) is 12.6 Å². The summed E-state index contributed by atoms with van der Waals surface area (Å²) in [6, 6.07) is -1.46. The van der Waals surface area contributed by atoms with E-state index >= 15 is 0 Å². The number of hydrogen-bond acceptors (Lipinski definition) is 17. The Morgan fingerprint density at radius 3 is 2.21 bits per heavy atom. The van der Waals surface area contributed by atoms with Gasteiger partial charge in [0, 0.05) is 50.9 Å². The highest BCUT2D eigenvalue weighted by molar-refractivity contribution is 7.90. The van der Waals surface area contributed by atoms with E-state index < -0.39 is 130 Å². The van der Waals surface area contributed by atoms with Crippen LogP contribution < -0.4 is 10.6 Å². The third-order valence-corrected chi connectivity index (χ3v) is 15.0. The van der Waals surface area contributed by atoms with Gasteiger partial charge >= 0.3 is 12.1 Å². The van der Waals surface area contributed by atoms with E-state index in [1.807, 2.05) is 6.92 Å². The quantitative estimate of drug-likeness (QED) is 0.129. The molecule has 63 heavy (non-hydrogen) atoms. The fraction of sp³-hybridized carbons (Fsp3) is 0.976. The minimum absolute atomic E-state index is 0.0394. The Kier molecular flexibility index (Phi) is 17.7. The van der Waals surface area contributed by atoms with E-state index in [-0.39, 0.29) is 57.0 Å². The van der Waals surface area contributed by atoms with Crippen LogP contribution in [0.25, 0.3) is 0 Å². The van der Waals surface area contributed by atoms with Gasteiger partial charge in [-0.2, -0.15) is 13.2 Å². The molecule has 21 heteroatoms. The molecule has 4 heterocycles. The van der Waals surface area contributed by atoms with Gasteiger partial charge in [-0.05, 0) is 87.2 Å². The first-order valence-corrected chi connectivity index (χ1v) is 24.2. The van der Waals surface area contributed by atoms with Crippen molar-refractivity contribution in [2.24, 2.45) is 17.8 Å². The van der Waals surface area contributed by atoms with Crippen molar-refractivity contribution in [2.75, 3.05) is 45.8 Å². The summed E-state index contributed by atoms with van der Waals surface area (Å²) in [5.41, 5.74) is -6.82. The summed E-state index contributed by atoms with van der Waals surface area (Å²) in [7, 11) is -0.570. The highest BCUT2D eigenvalue weighted by Gasteiger charge is 2.60. The lowest BCUT2D eigenvalue weighted by Crippen LogP contribution is -2.70. The first-order valence-electron chi connectivity index (χ1n) is 22.1. The molecule has 19 atom stereocenters. The summed E-state index contributed by atoms with van der Waals surface area (Å²) in [5.74, 6) is -3.55. The van der Waals surface area contributed by atoms with Crippen LogP contribution in [0.3, 0.4) is 0 Å². The first kappa shape index (κ1) is 54.3. The number of nitrogens with zero attached hydrogens (tertiary/aromatic N) is 1. The molecule has 0 aromatic rings. The van der Waals surface area contributed by atoms with Crippen molar-refractivity contribution in [3.05, 3.63) is 0 Å². The third-order valence-electron chi connectivity index (χ3n) is 14.0. The molecule has 6 N–H and O–H groups in total. The van der Waals surface area contributed by atoms with Gasteiger partial charge in [-0.3, -0.25) is 9.69 Å². The summed E-state index contributed by atoms with van der Waals surface area (Å²) in [5, 5.41) is 54.0. The van der Waals surface area contributed by atoms with Crippen LogP contribution in [-0.2, 0) is 47.8 Å². The fourth-order valence-electron chi connectivity index (χ4n) is 10.0. The standard InChI is InChI=1S/C42H76F3N3O14S/c1-14-29-40(10,52)33(49)26(6)47-20-22(2)18-38(8,51)34(62-36-32-28(17-23(3)57-36)48(11)37(61-32)42(43,44)45)24(4)31(25(5)35(50)59-29)60-30-19-39(9,56-12)41(53,27(7)58-30)21-46-15-16-63(13,54)55/h22-34,36-37,46-47,49,51-53H,14-21H2,1-13H3/t22-,23-,24+,25-,26-,27+,28+,29-,30+,31+,32-,33-,34-,36+,37?,38-,39-,40-,41+/m1/s1. The number of hydrogen-bond donors (Lipinski definition) is 6. The van der Waals surface area contributed by atoms with Crippen molar-refractivity contribution in [2.45, 2.75) is 197 Å². The molecule has 4 fully saturated rings. The molecule has 17 nitrogen and oxygen atoms in total. The van der Waals surface area contributed by atoms with Gasteiger partial charge in [0.25, 0.3) is 0 Å². The van der Waals surface area contributed by atoms with E-state index in [0.29, 0.717) is 0 Å². The lowest BCUT2D eigenvalue weighted by molar-refractivity contribution is -0.336. The molecule has 0 saturated carbocycles. The zero-order valence-corrected chi connectivity index (χ0v) is 40.0. The number of alkyl halides is 3. The minimum atomic E-state index is -4.73. The second-order valence-electron chi connectivity index (χ2n) is 19.5. The molecule has 4 aliphatic heterocycles. The number of carbonyl (C=O) groups is 1. The number of sulfone groups is 1. The molecule has 0 aliphatic carbocycles. The topological polar surface area (TPSA) is 224 Å². The average Bonchev–Trinajstić information content (AvgIpc) is 3.52.